The molecule has 0 radical (unpaired) electrons. The number of carbonyl (C=O) groups is 1. The zero-order valence-corrected chi connectivity index (χ0v) is 15.8. The first-order valence-corrected chi connectivity index (χ1v) is 9.59. The fourth-order valence-corrected chi connectivity index (χ4v) is 3.49. The summed E-state index contributed by atoms with van der Waals surface area (Å²) in [6.07, 6.45) is -1.21. The molecule has 0 aromatic heterocycles. The van der Waals surface area contributed by atoms with E-state index in [4.69, 9.17) is 10.6 Å². The summed E-state index contributed by atoms with van der Waals surface area (Å²) in [5.74, 6) is -2.31. The first-order chi connectivity index (χ1) is 14.9. The van der Waals surface area contributed by atoms with Crippen molar-refractivity contribution in [1.29, 1.82) is 0 Å². The number of hydrogen-bond donors (Lipinski definition) is 4. The SMILES string of the molecule is [2H]C([2H])(C=CCC1C(O)CC(O)C1C=CC(O)CCc1ccccc1)C([2H])([2H])CC(=O)O. The second kappa shape index (κ2) is 11.8. The van der Waals surface area contributed by atoms with Gasteiger partial charge in [0.05, 0.1) is 18.3 Å². The number of hydrogen-bond acceptors (Lipinski definition) is 4. The van der Waals surface area contributed by atoms with Gasteiger partial charge in [-0.1, -0.05) is 54.6 Å². The molecule has 0 heterocycles. The quantitative estimate of drug-likeness (QED) is 0.434. The largest absolute Gasteiger partial charge is 0.481 e. The maximum Gasteiger partial charge on any atom is 0.303 e. The van der Waals surface area contributed by atoms with Gasteiger partial charge in [0.25, 0.3) is 0 Å². The van der Waals surface area contributed by atoms with Crippen LogP contribution in [-0.2, 0) is 11.2 Å². The highest BCUT2D eigenvalue weighted by Crippen LogP contribution is 2.36. The van der Waals surface area contributed by atoms with E-state index in [9.17, 15) is 20.1 Å². The Morgan fingerprint density at radius 2 is 1.96 bits per heavy atom. The van der Waals surface area contributed by atoms with Crippen LogP contribution in [0, 0.1) is 11.8 Å². The minimum atomic E-state index is -2.59. The maximum atomic E-state index is 10.8. The van der Waals surface area contributed by atoms with E-state index < -0.39 is 55.3 Å². The molecular formula is C23H32O5. The third-order valence-electron chi connectivity index (χ3n) is 4.99. The number of aliphatic carboxylic acids is 1. The van der Waals surface area contributed by atoms with Gasteiger partial charge in [-0.2, -0.15) is 0 Å². The van der Waals surface area contributed by atoms with Gasteiger partial charge in [0.1, 0.15) is 0 Å². The van der Waals surface area contributed by atoms with Crippen LogP contribution in [0.25, 0.3) is 0 Å². The number of rotatable bonds is 11. The Morgan fingerprint density at radius 1 is 1.21 bits per heavy atom. The molecule has 1 saturated carbocycles. The van der Waals surface area contributed by atoms with Crippen molar-refractivity contribution in [1.82, 2.24) is 0 Å². The molecule has 0 bridgehead atoms. The van der Waals surface area contributed by atoms with Gasteiger partial charge in [0.15, 0.2) is 0 Å². The van der Waals surface area contributed by atoms with E-state index in [0.29, 0.717) is 12.8 Å². The van der Waals surface area contributed by atoms with Crippen LogP contribution < -0.4 is 0 Å². The van der Waals surface area contributed by atoms with Gasteiger partial charge in [-0.15, -0.1) is 0 Å². The monoisotopic (exact) mass is 392 g/mol. The van der Waals surface area contributed by atoms with E-state index in [1.165, 1.54) is 6.08 Å². The second-order valence-corrected chi connectivity index (χ2v) is 7.12. The van der Waals surface area contributed by atoms with Crippen molar-refractivity contribution in [3.63, 3.8) is 0 Å². The fourth-order valence-electron chi connectivity index (χ4n) is 3.49. The average molecular weight is 393 g/mol. The summed E-state index contributed by atoms with van der Waals surface area (Å²) < 4.78 is 31.2. The minimum Gasteiger partial charge on any atom is -0.481 e. The van der Waals surface area contributed by atoms with Crippen molar-refractivity contribution >= 4 is 5.97 Å². The molecule has 5 unspecified atom stereocenters. The average Bonchev–Trinajstić information content (AvgIpc) is 2.97. The summed E-state index contributed by atoms with van der Waals surface area (Å²) in [4.78, 5) is 10.8. The van der Waals surface area contributed by atoms with Gasteiger partial charge in [0.2, 0.25) is 0 Å². The van der Waals surface area contributed by atoms with Gasteiger partial charge in [-0.25, -0.2) is 0 Å². The molecule has 1 aromatic rings. The molecule has 1 fully saturated rings. The molecule has 1 aliphatic rings. The lowest BCUT2D eigenvalue weighted by molar-refractivity contribution is -0.137. The van der Waals surface area contributed by atoms with Crippen molar-refractivity contribution in [2.45, 2.75) is 63.2 Å². The molecule has 5 heteroatoms. The van der Waals surface area contributed by atoms with Gasteiger partial charge in [-0.05, 0) is 43.5 Å². The van der Waals surface area contributed by atoms with Crippen LogP contribution in [0.5, 0.6) is 0 Å². The zero-order chi connectivity index (χ0) is 23.9. The molecule has 1 aromatic carbocycles. The number of carboxylic acids is 1. The highest BCUT2D eigenvalue weighted by atomic mass is 16.4. The van der Waals surface area contributed by atoms with E-state index in [2.05, 4.69) is 0 Å². The Morgan fingerprint density at radius 3 is 2.68 bits per heavy atom. The van der Waals surface area contributed by atoms with Crippen LogP contribution in [0.15, 0.2) is 54.6 Å². The predicted octanol–water partition coefficient (Wildman–Crippen LogP) is 3.10. The third-order valence-corrected chi connectivity index (χ3v) is 4.99. The summed E-state index contributed by atoms with van der Waals surface area (Å²) >= 11 is 0. The number of aryl methyl sites for hydroxylation is 1. The lowest BCUT2D eigenvalue weighted by atomic mass is 9.89. The zero-order valence-electron chi connectivity index (χ0n) is 19.8. The molecule has 2 rings (SSSR count). The van der Waals surface area contributed by atoms with Gasteiger partial charge in [0, 0.05) is 24.2 Å². The van der Waals surface area contributed by atoms with E-state index in [1.807, 2.05) is 30.3 Å². The lowest BCUT2D eigenvalue weighted by Crippen LogP contribution is -2.20. The number of aliphatic hydroxyl groups excluding tert-OH is 3. The predicted molar refractivity (Wildman–Crippen MR) is 109 cm³/mol. The molecule has 0 aliphatic heterocycles. The molecule has 0 spiro atoms. The third kappa shape index (κ3) is 7.58. The van der Waals surface area contributed by atoms with Crippen molar-refractivity contribution in [3.05, 3.63) is 60.2 Å². The first-order valence-electron chi connectivity index (χ1n) is 11.6. The van der Waals surface area contributed by atoms with Crippen LogP contribution in [0.4, 0.5) is 0 Å². The maximum absolute atomic E-state index is 10.8. The number of carboxylic acid groups (broad SMARTS) is 1. The van der Waals surface area contributed by atoms with E-state index in [1.54, 1.807) is 12.2 Å². The first kappa shape index (κ1) is 17.0. The van der Waals surface area contributed by atoms with Crippen molar-refractivity contribution in [2.75, 3.05) is 0 Å². The standard InChI is InChI=1S/C23H32O5/c24-18(13-12-17-8-4-3-5-9-17)14-15-20-19(21(25)16-22(20)26)10-6-1-2-7-11-23(27)28/h1,3-6,8-9,14-15,18-22,24-26H,2,7,10-13,16H2,(H,27,28)/i2D2,7D2. The summed E-state index contributed by atoms with van der Waals surface area (Å²) in [5.41, 5.74) is 1.11. The molecule has 154 valence electrons. The van der Waals surface area contributed by atoms with Crippen molar-refractivity contribution < 1.29 is 30.7 Å². The van der Waals surface area contributed by atoms with Crippen molar-refractivity contribution in [3.8, 4) is 0 Å². The van der Waals surface area contributed by atoms with Crippen LogP contribution in [-0.4, -0.2) is 44.7 Å². The summed E-state index contributed by atoms with van der Waals surface area (Å²) in [6, 6.07) is 9.75. The van der Waals surface area contributed by atoms with E-state index in [-0.39, 0.29) is 12.8 Å². The van der Waals surface area contributed by atoms with Gasteiger partial charge in [-0.3, -0.25) is 4.79 Å². The Balaban J connectivity index is 1.98. The Kier molecular flexibility index (Phi) is 7.14. The second-order valence-electron chi connectivity index (χ2n) is 7.12. The summed E-state index contributed by atoms with van der Waals surface area (Å²) in [7, 11) is 0. The van der Waals surface area contributed by atoms with E-state index >= 15 is 0 Å². The molecule has 0 amide bonds. The van der Waals surface area contributed by atoms with Gasteiger partial charge >= 0.3 is 5.97 Å². The highest BCUT2D eigenvalue weighted by molar-refractivity contribution is 5.66. The highest BCUT2D eigenvalue weighted by Gasteiger charge is 2.39. The minimum absolute atomic E-state index is 0.153. The summed E-state index contributed by atoms with van der Waals surface area (Å²) in [5, 5.41) is 39.7. The van der Waals surface area contributed by atoms with Crippen LogP contribution >= 0.6 is 0 Å². The Bertz CT molecular complexity index is 797. The number of benzene rings is 1. The lowest BCUT2D eigenvalue weighted by Gasteiger charge is -2.19. The van der Waals surface area contributed by atoms with Crippen LogP contribution in [0.2, 0.25) is 0 Å². The van der Waals surface area contributed by atoms with Crippen molar-refractivity contribution in [2.24, 2.45) is 11.8 Å². The molecule has 0 saturated heterocycles. The molecule has 1 aliphatic carbocycles. The van der Waals surface area contributed by atoms with Gasteiger partial charge < -0.3 is 20.4 Å². The molecule has 4 N–H and O–H groups in total. The topological polar surface area (TPSA) is 98.0 Å². The molecule has 5 atom stereocenters. The van der Waals surface area contributed by atoms with E-state index in [0.717, 1.165) is 11.6 Å². The Labute approximate surface area is 172 Å². The van der Waals surface area contributed by atoms with Crippen LogP contribution in [0.1, 0.15) is 49.5 Å². The number of allylic oxidation sites excluding steroid dienone is 2. The summed E-state index contributed by atoms with van der Waals surface area (Å²) in [6.45, 7) is 0. The molecule has 28 heavy (non-hydrogen) atoms. The molecule has 5 nitrogen and oxygen atoms in total. The smallest absolute Gasteiger partial charge is 0.303 e. The molecular weight excluding hydrogens is 356 g/mol. The Hall–Kier alpha value is -1.95. The normalized spacial score (nSPS) is 29.4. The van der Waals surface area contributed by atoms with Crippen LogP contribution in [0.3, 0.4) is 0 Å². The number of aliphatic hydroxyl groups is 3. The fraction of sp³-hybridized carbons (Fsp3) is 0.522.